The lowest BCUT2D eigenvalue weighted by Gasteiger charge is -2.02. The van der Waals surface area contributed by atoms with Crippen LogP contribution in [0.2, 0.25) is 5.02 Å². The molecule has 0 saturated carbocycles. The molecule has 0 aromatic carbocycles. The SMILES string of the molecule is CCOC(=O)c1cnn2ccc(I)c(Cl)c12. The van der Waals surface area contributed by atoms with Crippen LogP contribution in [0, 0.1) is 3.57 Å². The van der Waals surface area contributed by atoms with Gasteiger partial charge in [-0.25, -0.2) is 9.31 Å². The van der Waals surface area contributed by atoms with Gasteiger partial charge in [0.05, 0.1) is 17.8 Å². The summed E-state index contributed by atoms with van der Waals surface area (Å²) in [6.45, 7) is 2.09. The zero-order valence-electron chi connectivity index (χ0n) is 8.41. The number of hydrogen-bond acceptors (Lipinski definition) is 3. The summed E-state index contributed by atoms with van der Waals surface area (Å²) in [4.78, 5) is 11.6. The lowest BCUT2D eigenvalue weighted by Crippen LogP contribution is -2.04. The Morgan fingerprint density at radius 2 is 2.44 bits per heavy atom. The highest BCUT2D eigenvalue weighted by Crippen LogP contribution is 2.26. The van der Waals surface area contributed by atoms with Crippen molar-refractivity contribution in [1.82, 2.24) is 9.61 Å². The monoisotopic (exact) mass is 350 g/mol. The van der Waals surface area contributed by atoms with Crippen LogP contribution in [0.5, 0.6) is 0 Å². The van der Waals surface area contributed by atoms with Gasteiger partial charge in [0.25, 0.3) is 0 Å². The van der Waals surface area contributed by atoms with Crippen LogP contribution in [0.4, 0.5) is 0 Å². The Labute approximate surface area is 111 Å². The minimum absolute atomic E-state index is 0.331. The Balaban J connectivity index is 2.63. The minimum atomic E-state index is -0.401. The van der Waals surface area contributed by atoms with Gasteiger partial charge in [0, 0.05) is 9.77 Å². The van der Waals surface area contributed by atoms with Crippen molar-refractivity contribution in [1.29, 1.82) is 0 Å². The Morgan fingerprint density at radius 3 is 3.12 bits per heavy atom. The normalized spacial score (nSPS) is 10.7. The summed E-state index contributed by atoms with van der Waals surface area (Å²) in [5.41, 5.74) is 0.984. The second-order valence-electron chi connectivity index (χ2n) is 3.05. The van der Waals surface area contributed by atoms with E-state index in [1.54, 1.807) is 17.6 Å². The van der Waals surface area contributed by atoms with E-state index >= 15 is 0 Å². The molecule has 0 unspecified atom stereocenters. The highest BCUT2D eigenvalue weighted by Gasteiger charge is 2.17. The minimum Gasteiger partial charge on any atom is -0.462 e. The molecule has 0 atom stereocenters. The molecule has 84 valence electrons. The summed E-state index contributed by atoms with van der Waals surface area (Å²) < 4.78 is 7.38. The molecule has 2 aromatic heterocycles. The van der Waals surface area contributed by atoms with Gasteiger partial charge in [-0.1, -0.05) is 11.6 Å². The predicted molar refractivity (Wildman–Crippen MR) is 68.9 cm³/mol. The van der Waals surface area contributed by atoms with E-state index in [0.717, 1.165) is 3.57 Å². The first-order chi connectivity index (χ1) is 7.65. The van der Waals surface area contributed by atoms with Gasteiger partial charge >= 0.3 is 5.97 Å². The number of nitrogens with zero attached hydrogens (tertiary/aromatic N) is 2. The fraction of sp³-hybridized carbons (Fsp3) is 0.200. The molecular formula is C10H8ClIN2O2. The molecule has 2 heterocycles. The number of fused-ring (bicyclic) bond motifs is 1. The number of halogens is 2. The Bertz CT molecular complexity index is 553. The lowest BCUT2D eigenvalue weighted by atomic mass is 10.2. The molecule has 16 heavy (non-hydrogen) atoms. The van der Waals surface area contributed by atoms with Crippen LogP contribution >= 0.6 is 34.2 Å². The molecule has 0 saturated heterocycles. The Hall–Kier alpha value is -0.820. The number of esters is 1. The van der Waals surface area contributed by atoms with Gasteiger partial charge in [0.15, 0.2) is 0 Å². The van der Waals surface area contributed by atoms with E-state index in [2.05, 4.69) is 27.7 Å². The van der Waals surface area contributed by atoms with Crippen molar-refractivity contribution >= 4 is 45.7 Å². The molecule has 0 aliphatic carbocycles. The largest absolute Gasteiger partial charge is 0.462 e. The summed E-state index contributed by atoms with van der Waals surface area (Å²) in [5, 5.41) is 4.57. The molecule has 2 rings (SSSR count). The average molecular weight is 351 g/mol. The molecule has 2 aromatic rings. The number of aromatic nitrogens is 2. The summed E-state index contributed by atoms with van der Waals surface area (Å²) in [7, 11) is 0. The summed E-state index contributed by atoms with van der Waals surface area (Å²) in [5.74, 6) is -0.401. The topological polar surface area (TPSA) is 43.6 Å². The van der Waals surface area contributed by atoms with E-state index in [1.807, 2.05) is 6.07 Å². The third-order valence-electron chi connectivity index (χ3n) is 2.07. The van der Waals surface area contributed by atoms with E-state index in [1.165, 1.54) is 6.20 Å². The van der Waals surface area contributed by atoms with Crippen molar-refractivity contribution in [2.75, 3.05) is 6.61 Å². The Kier molecular flexibility index (Phi) is 3.34. The molecule has 0 radical (unpaired) electrons. The van der Waals surface area contributed by atoms with Crippen LogP contribution in [0.25, 0.3) is 5.52 Å². The first kappa shape index (κ1) is 11.7. The van der Waals surface area contributed by atoms with Gasteiger partial charge in [-0.3, -0.25) is 0 Å². The molecule has 4 nitrogen and oxygen atoms in total. The quantitative estimate of drug-likeness (QED) is 0.618. The van der Waals surface area contributed by atoms with Crippen molar-refractivity contribution in [3.63, 3.8) is 0 Å². The smallest absolute Gasteiger partial charge is 0.342 e. The van der Waals surface area contributed by atoms with Gasteiger partial charge in [-0.05, 0) is 35.6 Å². The van der Waals surface area contributed by atoms with Crippen LogP contribution in [0.15, 0.2) is 18.5 Å². The van der Waals surface area contributed by atoms with Gasteiger partial charge in [-0.2, -0.15) is 5.10 Å². The fourth-order valence-electron chi connectivity index (χ4n) is 1.37. The lowest BCUT2D eigenvalue weighted by molar-refractivity contribution is 0.0528. The summed E-state index contributed by atoms with van der Waals surface area (Å²) >= 11 is 8.25. The molecule has 0 N–H and O–H groups in total. The zero-order chi connectivity index (χ0) is 11.7. The Morgan fingerprint density at radius 1 is 1.69 bits per heavy atom. The predicted octanol–water partition coefficient (Wildman–Crippen LogP) is 2.77. The maximum absolute atomic E-state index is 11.6. The van der Waals surface area contributed by atoms with Crippen molar-refractivity contribution < 1.29 is 9.53 Å². The van der Waals surface area contributed by atoms with Crippen molar-refractivity contribution in [3.8, 4) is 0 Å². The van der Waals surface area contributed by atoms with Gasteiger partial charge < -0.3 is 4.74 Å². The van der Waals surface area contributed by atoms with Gasteiger partial charge in [0.1, 0.15) is 11.1 Å². The van der Waals surface area contributed by atoms with Crippen LogP contribution in [0.1, 0.15) is 17.3 Å². The third-order valence-corrected chi connectivity index (χ3v) is 3.67. The highest BCUT2D eigenvalue weighted by molar-refractivity contribution is 14.1. The molecule has 0 bridgehead atoms. The molecule has 6 heteroatoms. The van der Waals surface area contributed by atoms with Crippen LogP contribution in [-0.4, -0.2) is 22.2 Å². The number of hydrogen-bond donors (Lipinski definition) is 0. The average Bonchev–Trinajstić information content (AvgIpc) is 2.68. The number of rotatable bonds is 2. The molecule has 0 amide bonds. The first-order valence-electron chi connectivity index (χ1n) is 4.63. The standard InChI is InChI=1S/C10H8ClIN2O2/c1-2-16-10(15)6-5-13-14-4-3-7(12)8(11)9(6)14/h3-5H,2H2,1H3. The number of ether oxygens (including phenoxy) is 1. The van der Waals surface area contributed by atoms with E-state index in [4.69, 9.17) is 16.3 Å². The maximum Gasteiger partial charge on any atom is 0.342 e. The fourth-order valence-corrected chi connectivity index (χ4v) is 2.04. The van der Waals surface area contributed by atoms with Crippen molar-refractivity contribution in [3.05, 3.63) is 32.6 Å². The van der Waals surface area contributed by atoms with Gasteiger partial charge in [-0.15, -0.1) is 0 Å². The molecule has 0 aliphatic rings. The third kappa shape index (κ3) is 1.89. The highest BCUT2D eigenvalue weighted by atomic mass is 127. The molecule has 0 fully saturated rings. The van der Waals surface area contributed by atoms with E-state index < -0.39 is 5.97 Å². The molecular weight excluding hydrogens is 342 g/mol. The van der Waals surface area contributed by atoms with E-state index in [9.17, 15) is 4.79 Å². The first-order valence-corrected chi connectivity index (χ1v) is 6.09. The van der Waals surface area contributed by atoms with E-state index in [0.29, 0.717) is 22.7 Å². The summed E-state index contributed by atoms with van der Waals surface area (Å²) in [6.07, 6.45) is 3.22. The number of carbonyl (C=O) groups is 1. The zero-order valence-corrected chi connectivity index (χ0v) is 11.3. The molecule has 0 spiro atoms. The second kappa shape index (κ2) is 4.58. The number of pyridine rings is 1. The van der Waals surface area contributed by atoms with Gasteiger partial charge in [0.2, 0.25) is 0 Å². The van der Waals surface area contributed by atoms with Crippen molar-refractivity contribution in [2.24, 2.45) is 0 Å². The molecule has 0 aliphatic heterocycles. The second-order valence-corrected chi connectivity index (χ2v) is 4.59. The van der Waals surface area contributed by atoms with Crippen molar-refractivity contribution in [2.45, 2.75) is 6.92 Å². The maximum atomic E-state index is 11.6. The van der Waals surface area contributed by atoms with Crippen LogP contribution < -0.4 is 0 Å². The van der Waals surface area contributed by atoms with Crippen LogP contribution in [-0.2, 0) is 4.74 Å². The number of carbonyl (C=O) groups excluding carboxylic acids is 1. The van der Waals surface area contributed by atoms with Crippen LogP contribution in [0.3, 0.4) is 0 Å². The summed E-state index contributed by atoms with van der Waals surface area (Å²) in [6, 6.07) is 1.83. The van der Waals surface area contributed by atoms with E-state index in [-0.39, 0.29) is 0 Å².